The summed E-state index contributed by atoms with van der Waals surface area (Å²) in [5.41, 5.74) is 1.46. The zero-order chi connectivity index (χ0) is 11.4. The molecular weight excluding hydrogens is 202 g/mol. The second-order valence-corrected chi connectivity index (χ2v) is 3.37. The third-order valence-corrected chi connectivity index (χ3v) is 2.24. The van der Waals surface area contributed by atoms with Crippen LogP contribution in [0.4, 0.5) is 0 Å². The molecule has 2 aromatic rings. The van der Waals surface area contributed by atoms with E-state index in [1.165, 1.54) is 0 Å². The van der Waals surface area contributed by atoms with E-state index in [2.05, 4.69) is 4.98 Å². The summed E-state index contributed by atoms with van der Waals surface area (Å²) >= 11 is 0. The van der Waals surface area contributed by atoms with Crippen molar-refractivity contribution < 1.29 is 9.90 Å². The molecule has 3 heteroatoms. The zero-order valence-corrected chi connectivity index (χ0v) is 8.63. The Morgan fingerprint density at radius 3 is 2.50 bits per heavy atom. The lowest BCUT2D eigenvalue weighted by Crippen LogP contribution is -2.05. The Labute approximate surface area is 93.4 Å². The second-order valence-electron chi connectivity index (χ2n) is 3.37. The monoisotopic (exact) mass is 213 g/mol. The number of hydrogen-bond acceptors (Lipinski definition) is 3. The van der Waals surface area contributed by atoms with Crippen molar-refractivity contribution in [3.63, 3.8) is 0 Å². The van der Waals surface area contributed by atoms with Crippen molar-refractivity contribution >= 4 is 5.78 Å². The minimum absolute atomic E-state index is 0.129. The van der Waals surface area contributed by atoms with E-state index < -0.39 is 0 Å². The molecule has 3 nitrogen and oxygen atoms in total. The third kappa shape index (κ3) is 2.15. The highest BCUT2D eigenvalue weighted by atomic mass is 16.3. The van der Waals surface area contributed by atoms with Crippen molar-refractivity contribution in [2.45, 2.75) is 6.61 Å². The quantitative estimate of drug-likeness (QED) is 0.791. The number of pyridine rings is 1. The molecule has 0 fully saturated rings. The Kier molecular flexibility index (Phi) is 3.08. The van der Waals surface area contributed by atoms with Gasteiger partial charge in [0, 0.05) is 5.56 Å². The maximum absolute atomic E-state index is 12.0. The van der Waals surface area contributed by atoms with Crippen LogP contribution in [-0.4, -0.2) is 15.9 Å². The van der Waals surface area contributed by atoms with Gasteiger partial charge >= 0.3 is 0 Å². The van der Waals surface area contributed by atoms with E-state index in [1.807, 2.05) is 18.2 Å². The number of rotatable bonds is 3. The molecule has 0 unspecified atom stereocenters. The van der Waals surface area contributed by atoms with E-state index in [4.69, 9.17) is 5.11 Å². The molecule has 0 saturated heterocycles. The van der Waals surface area contributed by atoms with Crippen LogP contribution < -0.4 is 0 Å². The van der Waals surface area contributed by atoms with E-state index in [0.717, 1.165) is 0 Å². The number of benzene rings is 1. The van der Waals surface area contributed by atoms with Gasteiger partial charge in [-0.3, -0.25) is 4.79 Å². The minimum Gasteiger partial charge on any atom is -0.390 e. The van der Waals surface area contributed by atoms with Gasteiger partial charge in [0.2, 0.25) is 5.78 Å². The molecule has 1 heterocycles. The average molecular weight is 213 g/mol. The van der Waals surface area contributed by atoms with E-state index in [9.17, 15) is 4.79 Å². The molecule has 0 bridgehead atoms. The fraction of sp³-hybridized carbons (Fsp3) is 0.0769. The summed E-state index contributed by atoms with van der Waals surface area (Å²) in [7, 11) is 0. The van der Waals surface area contributed by atoms with Crippen LogP contribution >= 0.6 is 0 Å². The van der Waals surface area contributed by atoms with Crippen molar-refractivity contribution in [1.29, 1.82) is 0 Å². The summed E-state index contributed by atoms with van der Waals surface area (Å²) in [5, 5.41) is 8.94. The molecule has 0 aliphatic rings. The van der Waals surface area contributed by atoms with Crippen LogP contribution in [0, 0.1) is 0 Å². The van der Waals surface area contributed by atoms with Crippen molar-refractivity contribution in [3.05, 3.63) is 65.5 Å². The molecule has 0 radical (unpaired) electrons. The maximum Gasteiger partial charge on any atom is 0.211 e. The Morgan fingerprint density at radius 1 is 1.06 bits per heavy atom. The SMILES string of the molecule is O=C(c1ccccc1)c1cccc(CO)n1. The number of carbonyl (C=O) groups excluding carboxylic acids is 1. The van der Waals surface area contributed by atoms with Gasteiger partial charge in [0.05, 0.1) is 12.3 Å². The van der Waals surface area contributed by atoms with Crippen molar-refractivity contribution in [2.24, 2.45) is 0 Å². The first-order valence-electron chi connectivity index (χ1n) is 4.98. The molecule has 2 rings (SSSR count). The molecule has 0 aliphatic heterocycles. The fourth-order valence-corrected chi connectivity index (χ4v) is 1.43. The van der Waals surface area contributed by atoms with E-state index >= 15 is 0 Å². The topological polar surface area (TPSA) is 50.2 Å². The lowest BCUT2D eigenvalue weighted by Gasteiger charge is -2.01. The van der Waals surface area contributed by atoms with E-state index in [-0.39, 0.29) is 12.4 Å². The molecule has 0 aliphatic carbocycles. The van der Waals surface area contributed by atoms with Gasteiger partial charge < -0.3 is 5.11 Å². The van der Waals surface area contributed by atoms with Gasteiger partial charge in [0.25, 0.3) is 0 Å². The van der Waals surface area contributed by atoms with Gasteiger partial charge in [-0.05, 0) is 12.1 Å². The molecule has 80 valence electrons. The highest BCUT2D eigenvalue weighted by Gasteiger charge is 2.09. The first-order valence-corrected chi connectivity index (χ1v) is 4.98. The standard InChI is InChI=1S/C13H11NO2/c15-9-11-7-4-8-12(14-11)13(16)10-5-2-1-3-6-10/h1-8,15H,9H2. The summed E-state index contributed by atoms with van der Waals surface area (Å²) in [5.74, 6) is -0.129. The highest BCUT2D eigenvalue weighted by molar-refractivity contribution is 6.07. The van der Waals surface area contributed by atoms with Crippen LogP contribution in [0.1, 0.15) is 21.7 Å². The number of carbonyl (C=O) groups is 1. The zero-order valence-electron chi connectivity index (χ0n) is 8.63. The van der Waals surface area contributed by atoms with Gasteiger partial charge in [-0.1, -0.05) is 36.4 Å². The summed E-state index contributed by atoms with van der Waals surface area (Å²) in [6, 6.07) is 14.0. The Bertz CT molecular complexity index is 494. The van der Waals surface area contributed by atoms with Crippen molar-refractivity contribution in [2.75, 3.05) is 0 Å². The summed E-state index contributed by atoms with van der Waals surface area (Å²) in [4.78, 5) is 16.0. The number of aliphatic hydroxyl groups is 1. The second kappa shape index (κ2) is 4.68. The van der Waals surface area contributed by atoms with Crippen LogP contribution in [-0.2, 0) is 6.61 Å². The molecule has 1 aromatic carbocycles. The van der Waals surface area contributed by atoms with Gasteiger partial charge in [0.1, 0.15) is 5.69 Å². The van der Waals surface area contributed by atoms with Gasteiger partial charge in [0.15, 0.2) is 0 Å². The van der Waals surface area contributed by atoms with Gasteiger partial charge in [-0.15, -0.1) is 0 Å². The van der Waals surface area contributed by atoms with Crippen LogP contribution in [0.5, 0.6) is 0 Å². The van der Waals surface area contributed by atoms with E-state index in [0.29, 0.717) is 17.0 Å². The molecule has 1 N–H and O–H groups in total. The van der Waals surface area contributed by atoms with Crippen LogP contribution in [0.15, 0.2) is 48.5 Å². The van der Waals surface area contributed by atoms with Crippen molar-refractivity contribution in [1.82, 2.24) is 4.98 Å². The van der Waals surface area contributed by atoms with Gasteiger partial charge in [-0.25, -0.2) is 4.98 Å². The first kappa shape index (κ1) is 10.5. The Morgan fingerprint density at radius 2 is 1.81 bits per heavy atom. The maximum atomic E-state index is 12.0. The number of aliphatic hydroxyl groups excluding tert-OH is 1. The van der Waals surface area contributed by atoms with E-state index in [1.54, 1.807) is 30.3 Å². The van der Waals surface area contributed by atoms with Crippen LogP contribution in [0.2, 0.25) is 0 Å². The normalized spacial score (nSPS) is 10.1. The van der Waals surface area contributed by atoms with Crippen molar-refractivity contribution in [3.8, 4) is 0 Å². The predicted octanol–water partition coefficient (Wildman–Crippen LogP) is 1.80. The van der Waals surface area contributed by atoms with Gasteiger partial charge in [-0.2, -0.15) is 0 Å². The highest BCUT2D eigenvalue weighted by Crippen LogP contribution is 2.08. The summed E-state index contributed by atoms with van der Waals surface area (Å²) in [6.45, 7) is -0.157. The smallest absolute Gasteiger partial charge is 0.211 e. The number of ketones is 1. The molecule has 0 atom stereocenters. The first-order chi connectivity index (χ1) is 7.81. The average Bonchev–Trinajstić information content (AvgIpc) is 2.39. The number of aromatic nitrogens is 1. The lowest BCUT2D eigenvalue weighted by atomic mass is 10.1. The van der Waals surface area contributed by atoms with Crippen LogP contribution in [0.3, 0.4) is 0 Å². The Hall–Kier alpha value is -2.00. The molecule has 0 spiro atoms. The van der Waals surface area contributed by atoms with Crippen LogP contribution in [0.25, 0.3) is 0 Å². The molecule has 16 heavy (non-hydrogen) atoms. The number of nitrogens with zero attached hydrogens (tertiary/aromatic N) is 1. The summed E-state index contributed by atoms with van der Waals surface area (Å²) in [6.07, 6.45) is 0. The number of hydrogen-bond donors (Lipinski definition) is 1. The fourth-order valence-electron chi connectivity index (χ4n) is 1.43. The Balaban J connectivity index is 2.34. The minimum atomic E-state index is -0.157. The lowest BCUT2D eigenvalue weighted by molar-refractivity contribution is 0.103. The summed E-state index contributed by atoms with van der Waals surface area (Å²) < 4.78 is 0. The molecular formula is C13H11NO2. The predicted molar refractivity (Wildman–Crippen MR) is 60.0 cm³/mol. The molecule has 0 saturated carbocycles. The molecule has 0 amide bonds. The largest absolute Gasteiger partial charge is 0.390 e. The third-order valence-electron chi connectivity index (χ3n) is 2.24. The molecule has 1 aromatic heterocycles.